The van der Waals surface area contributed by atoms with E-state index in [2.05, 4.69) is 36.3 Å². The van der Waals surface area contributed by atoms with Crippen LogP contribution in [-0.2, 0) is 46.9 Å². The summed E-state index contributed by atoms with van der Waals surface area (Å²) in [6, 6.07) is -5.18. The number of carbonyl (C=O) groups excluding carboxylic acids is 6. The first-order valence-corrected chi connectivity index (χ1v) is 15.0. The topological polar surface area (TPSA) is 199 Å². The van der Waals surface area contributed by atoms with E-state index in [4.69, 9.17) is 4.74 Å². The summed E-state index contributed by atoms with van der Waals surface area (Å²) in [4.78, 5) is 81.3. The molecule has 0 saturated heterocycles. The number of aromatic nitrogens is 2. The lowest BCUT2D eigenvalue weighted by molar-refractivity contribution is -0.144. The van der Waals surface area contributed by atoms with Crippen molar-refractivity contribution in [1.82, 2.24) is 36.1 Å². The van der Waals surface area contributed by atoms with E-state index in [0.717, 1.165) is 0 Å². The van der Waals surface area contributed by atoms with Crippen molar-refractivity contribution in [3.63, 3.8) is 0 Å². The van der Waals surface area contributed by atoms with E-state index >= 15 is 0 Å². The highest BCUT2D eigenvalue weighted by Crippen LogP contribution is 2.12. The number of alkyl carbamates (subject to hydrolysis) is 1. The summed E-state index contributed by atoms with van der Waals surface area (Å²) in [5.74, 6) is -3.86. The third-order valence-electron chi connectivity index (χ3n) is 7.04. The van der Waals surface area contributed by atoms with Crippen molar-refractivity contribution in [3.05, 3.63) is 18.2 Å². The van der Waals surface area contributed by atoms with Crippen molar-refractivity contribution >= 4 is 35.7 Å². The standard InChI is InChI=1S/C30H51N7O8/c1-12-17(4)23(27(41)32-18(5)24(38)33-19(6)28(42)44-11)36-26(40)22(16(2)3)35-25(39)21(13-20-14-31-15-37(20)10)34-29(43)45-30(7,8)9/h14-19,21-23H,12-13H2,1-11H3,(H,32,41)(H,33,38)(H,34,43)(H,35,39)(H,36,40)/t17-,18+,19-,21-,22+,23+/m0/s1. The molecule has 0 aliphatic heterocycles. The Morgan fingerprint density at radius 1 is 0.822 bits per heavy atom. The number of esters is 1. The Bertz CT molecular complexity index is 1190. The molecular formula is C30H51N7O8. The number of nitrogens with one attached hydrogen (secondary N) is 5. The van der Waals surface area contributed by atoms with Crippen LogP contribution in [0.4, 0.5) is 4.79 Å². The number of rotatable bonds is 15. The predicted octanol–water partition coefficient (Wildman–Crippen LogP) is 0.710. The summed E-state index contributed by atoms with van der Waals surface area (Å²) in [5, 5.41) is 13.1. The molecular weight excluding hydrogens is 586 g/mol. The SMILES string of the molecule is CC[C@H](C)[C@@H](NC(=O)[C@H](NC(=O)[C@H](Cc1cncn1C)NC(=O)OC(C)(C)C)C(C)C)C(=O)N[C@H](C)C(=O)N[C@@H](C)C(=O)OC. The number of amides is 5. The number of aryl methyl sites for hydroxylation is 1. The van der Waals surface area contributed by atoms with Crippen molar-refractivity contribution in [2.75, 3.05) is 7.11 Å². The third-order valence-corrected chi connectivity index (χ3v) is 7.04. The molecule has 0 aromatic carbocycles. The molecule has 0 spiro atoms. The van der Waals surface area contributed by atoms with Crippen LogP contribution in [-0.4, -0.2) is 88.2 Å². The lowest BCUT2D eigenvalue weighted by Crippen LogP contribution is -2.61. The van der Waals surface area contributed by atoms with E-state index in [1.165, 1.54) is 21.0 Å². The van der Waals surface area contributed by atoms with Gasteiger partial charge >= 0.3 is 12.1 Å². The lowest BCUT2D eigenvalue weighted by Gasteiger charge is -2.30. The molecule has 0 aliphatic carbocycles. The summed E-state index contributed by atoms with van der Waals surface area (Å²) in [7, 11) is 2.94. The molecule has 1 rings (SSSR count). The first-order valence-electron chi connectivity index (χ1n) is 15.0. The molecule has 15 nitrogen and oxygen atoms in total. The summed E-state index contributed by atoms with van der Waals surface area (Å²) in [6.45, 7) is 15.1. The predicted molar refractivity (Wildman–Crippen MR) is 165 cm³/mol. The maximum atomic E-state index is 13.6. The van der Waals surface area contributed by atoms with E-state index in [1.807, 2.05) is 6.92 Å². The summed E-state index contributed by atoms with van der Waals surface area (Å²) in [5.41, 5.74) is -0.147. The minimum absolute atomic E-state index is 0.0699. The average molecular weight is 638 g/mol. The number of nitrogens with zero attached hydrogens (tertiary/aromatic N) is 2. The Labute approximate surface area is 265 Å². The van der Waals surface area contributed by atoms with Gasteiger partial charge in [0, 0.05) is 25.4 Å². The molecule has 15 heteroatoms. The van der Waals surface area contributed by atoms with Crippen LogP contribution in [0.15, 0.2) is 12.5 Å². The monoisotopic (exact) mass is 637 g/mol. The van der Waals surface area contributed by atoms with Crippen molar-refractivity contribution in [2.24, 2.45) is 18.9 Å². The Hall–Kier alpha value is -4.17. The van der Waals surface area contributed by atoms with Crippen LogP contribution in [0.1, 0.15) is 74.4 Å². The van der Waals surface area contributed by atoms with Gasteiger partial charge in [-0.25, -0.2) is 14.6 Å². The molecule has 1 aromatic heterocycles. The molecule has 45 heavy (non-hydrogen) atoms. The van der Waals surface area contributed by atoms with Crippen molar-refractivity contribution in [2.45, 2.75) is 111 Å². The molecule has 5 amide bonds. The van der Waals surface area contributed by atoms with Gasteiger partial charge in [-0.15, -0.1) is 0 Å². The molecule has 0 fully saturated rings. The summed E-state index contributed by atoms with van der Waals surface area (Å²) in [6.07, 6.45) is 2.91. The summed E-state index contributed by atoms with van der Waals surface area (Å²) < 4.78 is 11.7. The average Bonchev–Trinajstić information content (AvgIpc) is 3.35. The minimum atomic E-state index is -1.11. The largest absolute Gasteiger partial charge is 0.467 e. The van der Waals surface area contributed by atoms with Gasteiger partial charge in [0.1, 0.15) is 35.8 Å². The number of imidazole rings is 1. The lowest BCUT2D eigenvalue weighted by atomic mass is 9.96. The third kappa shape index (κ3) is 12.8. The van der Waals surface area contributed by atoms with Crippen LogP contribution >= 0.6 is 0 Å². The molecule has 0 unspecified atom stereocenters. The van der Waals surface area contributed by atoms with E-state index in [-0.39, 0.29) is 12.3 Å². The first-order chi connectivity index (χ1) is 20.8. The Kier molecular flexibility index (Phi) is 15.0. The fourth-order valence-electron chi connectivity index (χ4n) is 4.13. The van der Waals surface area contributed by atoms with Crippen molar-refractivity contribution in [1.29, 1.82) is 0 Å². The number of methoxy groups -OCH3 is 1. The van der Waals surface area contributed by atoms with Crippen molar-refractivity contribution < 1.29 is 38.2 Å². The fourth-order valence-corrected chi connectivity index (χ4v) is 4.13. The van der Waals surface area contributed by atoms with Gasteiger partial charge in [0.15, 0.2) is 0 Å². The molecule has 0 aliphatic rings. The highest BCUT2D eigenvalue weighted by molar-refractivity contribution is 5.96. The van der Waals surface area contributed by atoms with Crippen molar-refractivity contribution in [3.8, 4) is 0 Å². The number of hydrogen-bond acceptors (Lipinski definition) is 9. The van der Waals surface area contributed by atoms with Gasteiger partial charge in [-0.3, -0.25) is 19.2 Å². The Morgan fingerprint density at radius 2 is 1.38 bits per heavy atom. The number of carbonyl (C=O) groups is 6. The second-order valence-corrected chi connectivity index (χ2v) is 12.5. The van der Waals surface area contributed by atoms with Crippen LogP contribution in [0.5, 0.6) is 0 Å². The smallest absolute Gasteiger partial charge is 0.408 e. The van der Waals surface area contributed by atoms with Crippen LogP contribution in [0, 0.1) is 11.8 Å². The quantitative estimate of drug-likeness (QED) is 0.172. The van der Waals surface area contributed by atoms with Gasteiger partial charge in [-0.05, 0) is 46.5 Å². The van der Waals surface area contributed by atoms with Gasteiger partial charge in [-0.1, -0.05) is 34.1 Å². The maximum Gasteiger partial charge on any atom is 0.408 e. The highest BCUT2D eigenvalue weighted by Gasteiger charge is 2.35. The minimum Gasteiger partial charge on any atom is -0.467 e. The van der Waals surface area contributed by atoms with Gasteiger partial charge in [-0.2, -0.15) is 0 Å². The zero-order valence-electron chi connectivity index (χ0n) is 28.3. The van der Waals surface area contributed by atoms with Crippen LogP contribution in [0.3, 0.4) is 0 Å². The zero-order valence-corrected chi connectivity index (χ0v) is 28.3. The van der Waals surface area contributed by atoms with Gasteiger partial charge in [0.05, 0.1) is 13.4 Å². The Morgan fingerprint density at radius 3 is 1.87 bits per heavy atom. The number of ether oxygens (including phenoxy) is 2. The number of hydrogen-bond donors (Lipinski definition) is 5. The van der Waals surface area contributed by atoms with Gasteiger partial charge in [0.25, 0.3) is 0 Å². The van der Waals surface area contributed by atoms with E-state index < -0.39 is 77.4 Å². The normalized spacial score (nSPS) is 15.4. The second kappa shape index (κ2) is 17.4. The molecule has 1 heterocycles. The second-order valence-electron chi connectivity index (χ2n) is 12.5. The maximum absolute atomic E-state index is 13.6. The molecule has 5 N–H and O–H groups in total. The van der Waals surface area contributed by atoms with Gasteiger partial charge in [0.2, 0.25) is 23.6 Å². The Balaban J connectivity index is 3.12. The van der Waals surface area contributed by atoms with Crippen LogP contribution in [0.25, 0.3) is 0 Å². The molecule has 6 atom stereocenters. The fraction of sp³-hybridized carbons (Fsp3) is 0.700. The molecule has 0 radical (unpaired) electrons. The zero-order chi connectivity index (χ0) is 34.6. The molecule has 1 aromatic rings. The van der Waals surface area contributed by atoms with E-state index in [9.17, 15) is 28.8 Å². The first kappa shape index (κ1) is 38.9. The summed E-state index contributed by atoms with van der Waals surface area (Å²) >= 11 is 0. The van der Waals surface area contributed by atoms with E-state index in [1.54, 1.807) is 65.7 Å². The molecule has 0 saturated carbocycles. The van der Waals surface area contributed by atoms with E-state index in [0.29, 0.717) is 12.1 Å². The molecule has 0 bridgehead atoms. The van der Waals surface area contributed by atoms with Gasteiger partial charge < -0.3 is 40.6 Å². The highest BCUT2D eigenvalue weighted by atomic mass is 16.6. The molecule has 254 valence electrons. The van der Waals surface area contributed by atoms with Crippen LogP contribution in [0.2, 0.25) is 0 Å². The van der Waals surface area contributed by atoms with Crippen LogP contribution < -0.4 is 26.6 Å².